The quantitative estimate of drug-likeness (QED) is 0.650. The molecule has 0 fully saturated rings. The number of nitrogen functional groups attached to an aromatic ring is 1. The monoisotopic (exact) mass is 169 g/mol. The van der Waals surface area contributed by atoms with Gasteiger partial charge in [-0.3, -0.25) is 4.79 Å². The van der Waals surface area contributed by atoms with Gasteiger partial charge in [0.1, 0.15) is 5.82 Å². The number of anilines is 1. The first-order valence-corrected chi connectivity index (χ1v) is 3.35. The fourth-order valence-electron chi connectivity index (χ4n) is 0.893. The van der Waals surface area contributed by atoms with E-state index in [1.807, 2.05) is 0 Å². The van der Waals surface area contributed by atoms with E-state index in [2.05, 4.69) is 0 Å². The smallest absolute Gasteiger partial charge is 0.307 e. The highest BCUT2D eigenvalue weighted by molar-refractivity contribution is 5.70. The van der Waals surface area contributed by atoms with Gasteiger partial charge in [0.05, 0.1) is 6.42 Å². The van der Waals surface area contributed by atoms with Crippen molar-refractivity contribution in [3.63, 3.8) is 0 Å². The van der Waals surface area contributed by atoms with Gasteiger partial charge in [-0.15, -0.1) is 0 Å². The van der Waals surface area contributed by atoms with Crippen LogP contribution in [0.4, 0.5) is 10.1 Å². The second-order valence-corrected chi connectivity index (χ2v) is 2.42. The highest BCUT2D eigenvalue weighted by atomic mass is 19.1. The van der Waals surface area contributed by atoms with E-state index in [1.165, 1.54) is 12.1 Å². The van der Waals surface area contributed by atoms with Crippen LogP contribution in [0.25, 0.3) is 0 Å². The van der Waals surface area contributed by atoms with Crippen molar-refractivity contribution in [2.75, 3.05) is 5.73 Å². The van der Waals surface area contributed by atoms with Crippen LogP contribution in [0, 0.1) is 5.82 Å². The molecule has 0 amide bonds. The second kappa shape index (κ2) is 3.21. The summed E-state index contributed by atoms with van der Waals surface area (Å²) >= 11 is 0. The average molecular weight is 169 g/mol. The molecule has 1 rings (SSSR count). The van der Waals surface area contributed by atoms with Crippen LogP contribution in [0.2, 0.25) is 0 Å². The summed E-state index contributed by atoms with van der Waals surface area (Å²) in [4.78, 5) is 10.2. The molecule has 0 saturated carbocycles. The predicted molar refractivity (Wildman–Crippen MR) is 42.2 cm³/mol. The maximum Gasteiger partial charge on any atom is 0.307 e. The minimum absolute atomic E-state index is 0.113. The number of hydrogen-bond acceptors (Lipinski definition) is 2. The van der Waals surface area contributed by atoms with Crippen LogP contribution in [-0.4, -0.2) is 11.1 Å². The Morgan fingerprint density at radius 1 is 1.58 bits per heavy atom. The molecule has 0 unspecified atom stereocenters. The topological polar surface area (TPSA) is 63.3 Å². The number of nitrogens with two attached hydrogens (primary N) is 1. The fourth-order valence-corrected chi connectivity index (χ4v) is 0.893. The molecule has 3 nitrogen and oxygen atoms in total. The third-order valence-electron chi connectivity index (χ3n) is 1.41. The first kappa shape index (κ1) is 8.52. The Bertz CT molecular complexity index is 312. The van der Waals surface area contributed by atoms with E-state index in [-0.39, 0.29) is 12.0 Å². The minimum atomic E-state index is -1.07. The van der Waals surface area contributed by atoms with Crippen LogP contribution in [-0.2, 0) is 11.2 Å². The van der Waals surface area contributed by atoms with Gasteiger partial charge >= 0.3 is 5.97 Å². The Morgan fingerprint density at radius 3 is 2.83 bits per heavy atom. The van der Waals surface area contributed by atoms with Gasteiger partial charge in [-0.2, -0.15) is 0 Å². The molecular formula is C8H8FNO2. The van der Waals surface area contributed by atoms with E-state index < -0.39 is 11.8 Å². The highest BCUT2D eigenvalue weighted by Crippen LogP contribution is 2.12. The molecule has 0 radical (unpaired) electrons. The second-order valence-electron chi connectivity index (χ2n) is 2.42. The van der Waals surface area contributed by atoms with Gasteiger partial charge in [-0.1, -0.05) is 0 Å². The summed E-state index contributed by atoms with van der Waals surface area (Å²) in [5.74, 6) is -1.61. The highest BCUT2D eigenvalue weighted by Gasteiger charge is 2.06. The van der Waals surface area contributed by atoms with E-state index >= 15 is 0 Å². The third kappa shape index (κ3) is 1.95. The molecule has 3 N–H and O–H groups in total. The van der Waals surface area contributed by atoms with Crippen molar-refractivity contribution in [1.29, 1.82) is 0 Å². The Kier molecular flexibility index (Phi) is 2.28. The summed E-state index contributed by atoms with van der Waals surface area (Å²) in [6.07, 6.45) is -0.336. The average Bonchev–Trinajstić information content (AvgIpc) is 1.96. The van der Waals surface area contributed by atoms with Gasteiger partial charge in [-0.25, -0.2) is 4.39 Å². The van der Waals surface area contributed by atoms with Gasteiger partial charge < -0.3 is 10.8 Å². The molecule has 0 spiro atoms. The number of carboxylic acid groups (broad SMARTS) is 1. The Labute approximate surface area is 68.6 Å². The molecule has 0 saturated heterocycles. The van der Waals surface area contributed by atoms with Gasteiger partial charge in [0.2, 0.25) is 0 Å². The van der Waals surface area contributed by atoms with E-state index in [1.54, 1.807) is 0 Å². The molecule has 12 heavy (non-hydrogen) atoms. The van der Waals surface area contributed by atoms with Crippen molar-refractivity contribution < 1.29 is 14.3 Å². The molecule has 0 aromatic heterocycles. The Balaban J connectivity index is 2.97. The summed E-state index contributed by atoms with van der Waals surface area (Å²) in [5, 5.41) is 8.37. The number of halogens is 1. The zero-order chi connectivity index (χ0) is 9.14. The summed E-state index contributed by atoms with van der Waals surface area (Å²) in [7, 11) is 0. The SMILES string of the molecule is Nc1ccc(F)c(CC(=O)O)c1. The van der Waals surface area contributed by atoms with Gasteiger partial charge in [0.25, 0.3) is 0 Å². The molecular weight excluding hydrogens is 161 g/mol. The lowest BCUT2D eigenvalue weighted by atomic mass is 10.1. The number of carbonyl (C=O) groups is 1. The van der Waals surface area contributed by atoms with Crippen molar-refractivity contribution >= 4 is 11.7 Å². The van der Waals surface area contributed by atoms with E-state index in [0.717, 1.165) is 6.07 Å². The summed E-state index contributed by atoms with van der Waals surface area (Å²) in [6.45, 7) is 0. The first-order valence-electron chi connectivity index (χ1n) is 3.35. The zero-order valence-electron chi connectivity index (χ0n) is 6.25. The van der Waals surface area contributed by atoms with Crippen LogP contribution >= 0.6 is 0 Å². The van der Waals surface area contributed by atoms with Gasteiger partial charge in [-0.05, 0) is 18.2 Å². The Hall–Kier alpha value is -1.58. The third-order valence-corrected chi connectivity index (χ3v) is 1.41. The molecule has 0 atom stereocenters. The molecule has 1 aromatic carbocycles. The molecule has 0 aliphatic carbocycles. The first-order chi connectivity index (χ1) is 5.59. The lowest BCUT2D eigenvalue weighted by Gasteiger charge is -2.00. The van der Waals surface area contributed by atoms with Crippen molar-refractivity contribution in [2.45, 2.75) is 6.42 Å². The minimum Gasteiger partial charge on any atom is -0.481 e. The molecule has 64 valence electrons. The lowest BCUT2D eigenvalue weighted by Crippen LogP contribution is -2.03. The van der Waals surface area contributed by atoms with E-state index in [9.17, 15) is 9.18 Å². The maximum atomic E-state index is 12.8. The molecule has 0 heterocycles. The number of carboxylic acids is 1. The van der Waals surface area contributed by atoms with Crippen LogP contribution < -0.4 is 5.73 Å². The van der Waals surface area contributed by atoms with Crippen LogP contribution in [0.15, 0.2) is 18.2 Å². The van der Waals surface area contributed by atoms with Crippen LogP contribution in [0.5, 0.6) is 0 Å². The number of benzene rings is 1. The van der Waals surface area contributed by atoms with E-state index in [4.69, 9.17) is 10.8 Å². The predicted octanol–water partition coefficient (Wildman–Crippen LogP) is 1.04. The molecule has 0 aliphatic heterocycles. The largest absolute Gasteiger partial charge is 0.481 e. The maximum absolute atomic E-state index is 12.8. The van der Waals surface area contributed by atoms with Gasteiger partial charge in [0, 0.05) is 11.3 Å². The Morgan fingerprint density at radius 2 is 2.25 bits per heavy atom. The molecule has 0 aliphatic rings. The number of rotatable bonds is 2. The summed E-state index contributed by atoms with van der Waals surface area (Å²) in [5.41, 5.74) is 5.83. The normalized spacial score (nSPS) is 9.75. The number of hydrogen-bond donors (Lipinski definition) is 2. The van der Waals surface area contributed by atoms with Crippen molar-refractivity contribution in [1.82, 2.24) is 0 Å². The van der Waals surface area contributed by atoms with Crippen LogP contribution in [0.3, 0.4) is 0 Å². The summed E-state index contributed by atoms with van der Waals surface area (Å²) < 4.78 is 12.8. The van der Waals surface area contributed by atoms with Gasteiger partial charge in [0.15, 0.2) is 0 Å². The lowest BCUT2D eigenvalue weighted by molar-refractivity contribution is -0.136. The molecule has 0 bridgehead atoms. The number of aliphatic carboxylic acids is 1. The molecule has 4 heteroatoms. The van der Waals surface area contributed by atoms with Crippen molar-refractivity contribution in [3.05, 3.63) is 29.6 Å². The zero-order valence-corrected chi connectivity index (χ0v) is 6.25. The van der Waals surface area contributed by atoms with Crippen molar-refractivity contribution in [2.24, 2.45) is 0 Å². The van der Waals surface area contributed by atoms with E-state index in [0.29, 0.717) is 5.69 Å². The van der Waals surface area contributed by atoms with Crippen molar-refractivity contribution in [3.8, 4) is 0 Å². The van der Waals surface area contributed by atoms with Crippen LogP contribution in [0.1, 0.15) is 5.56 Å². The summed E-state index contributed by atoms with van der Waals surface area (Å²) in [6, 6.07) is 3.87. The standard InChI is InChI=1S/C8H8FNO2/c9-7-2-1-6(10)3-5(7)4-8(11)12/h1-3H,4,10H2,(H,11,12). The molecule has 1 aromatic rings. The fraction of sp³-hybridized carbons (Fsp3) is 0.125.